The van der Waals surface area contributed by atoms with E-state index >= 15 is 0 Å². The van der Waals surface area contributed by atoms with E-state index in [1.54, 1.807) is 0 Å². The van der Waals surface area contributed by atoms with Crippen LogP contribution in [0.1, 0.15) is 106 Å². The Kier molecular flexibility index (Phi) is 14.6. The Bertz CT molecular complexity index is 846. The van der Waals surface area contributed by atoms with Gasteiger partial charge < -0.3 is 4.74 Å². The van der Waals surface area contributed by atoms with Gasteiger partial charge in [-0.2, -0.15) is 0 Å². The lowest BCUT2D eigenvalue weighted by Gasteiger charge is -2.03. The van der Waals surface area contributed by atoms with E-state index in [9.17, 15) is 0 Å². The third-order valence-electron chi connectivity index (χ3n) is 6.53. The molecule has 1 saturated heterocycles. The molecule has 0 bridgehead atoms. The molecule has 0 aromatic carbocycles. The predicted octanol–water partition coefficient (Wildman–Crippen LogP) is 10.3. The van der Waals surface area contributed by atoms with E-state index in [0.29, 0.717) is 6.10 Å². The van der Waals surface area contributed by atoms with E-state index in [1.165, 1.54) is 41.6 Å². The number of ether oxygens (including phenoxy) is 1. The van der Waals surface area contributed by atoms with Crippen LogP contribution in [0.15, 0.2) is 58.7 Å². The van der Waals surface area contributed by atoms with Crippen molar-refractivity contribution in [3.8, 4) is 11.5 Å². The summed E-state index contributed by atoms with van der Waals surface area (Å²) < 4.78 is 5.68. The molecule has 0 aliphatic carbocycles. The minimum absolute atomic E-state index is 0.127. The van der Waals surface area contributed by atoms with Gasteiger partial charge in [-0.05, 0) is 112 Å². The maximum Gasteiger partial charge on any atom is 0.129 e. The molecule has 1 atom stereocenters. The van der Waals surface area contributed by atoms with Crippen LogP contribution in [0.25, 0.3) is 0 Å². The lowest BCUT2D eigenvalue weighted by atomic mass is 10.0. The zero-order valence-electron chi connectivity index (χ0n) is 24.5. The number of hydrogen-bond acceptors (Lipinski definition) is 1. The molecular weight excluding hydrogens is 440 g/mol. The highest BCUT2D eigenvalue weighted by Crippen LogP contribution is 2.38. The summed E-state index contributed by atoms with van der Waals surface area (Å²) in [4.78, 5) is 0. The maximum absolute atomic E-state index is 5.68. The minimum Gasteiger partial charge on any atom is -0.367 e. The second-order valence-corrected chi connectivity index (χ2v) is 16.8. The second kappa shape index (κ2) is 16.2. The average Bonchev–Trinajstić information content (AvgIpc) is 3.37. The highest BCUT2D eigenvalue weighted by atomic mass is 28.3. The summed E-state index contributed by atoms with van der Waals surface area (Å²) >= 11 is 0. The minimum atomic E-state index is -1.24. The SMILES string of the molecule is C/C(=C\CC/C=C(\C)CC/C=C(\C)CCC1OC1(C)C)CC/C=C(\C)CC/C=C/C#C[Si](C)(C)C. The summed E-state index contributed by atoms with van der Waals surface area (Å²) in [5, 5.41) is 0. The molecule has 1 fully saturated rings. The first-order valence-corrected chi connectivity index (χ1v) is 17.4. The molecule has 0 aromatic heterocycles. The number of rotatable bonds is 15. The molecule has 1 aliphatic heterocycles. The highest BCUT2D eigenvalue weighted by Gasteiger charge is 2.46. The smallest absolute Gasteiger partial charge is 0.129 e. The highest BCUT2D eigenvalue weighted by molar-refractivity contribution is 6.83. The van der Waals surface area contributed by atoms with Crippen molar-refractivity contribution in [2.45, 2.75) is 137 Å². The summed E-state index contributed by atoms with van der Waals surface area (Å²) in [6, 6.07) is 0. The number of hydrogen-bond donors (Lipinski definition) is 0. The fourth-order valence-corrected chi connectivity index (χ4v) is 4.49. The average molecular weight is 495 g/mol. The molecule has 1 heterocycles. The molecule has 0 spiro atoms. The molecule has 0 radical (unpaired) electrons. The number of allylic oxidation sites excluding steroid dienone is 10. The first-order valence-electron chi connectivity index (χ1n) is 13.9. The van der Waals surface area contributed by atoms with Gasteiger partial charge >= 0.3 is 0 Å². The molecule has 1 unspecified atom stereocenters. The zero-order chi connectivity index (χ0) is 26.3. The van der Waals surface area contributed by atoms with E-state index in [1.807, 2.05) is 6.08 Å². The summed E-state index contributed by atoms with van der Waals surface area (Å²) in [5.74, 6) is 3.21. The molecule has 0 N–H and O–H groups in total. The van der Waals surface area contributed by atoms with E-state index in [-0.39, 0.29) is 5.60 Å². The Morgan fingerprint density at radius 2 is 1.14 bits per heavy atom. The van der Waals surface area contributed by atoms with E-state index in [0.717, 1.165) is 44.9 Å². The van der Waals surface area contributed by atoms with Crippen LogP contribution in [-0.2, 0) is 4.74 Å². The Morgan fingerprint density at radius 1 is 0.714 bits per heavy atom. The maximum atomic E-state index is 5.68. The van der Waals surface area contributed by atoms with Gasteiger partial charge in [-0.15, -0.1) is 5.54 Å². The Morgan fingerprint density at radius 3 is 1.60 bits per heavy atom. The topological polar surface area (TPSA) is 12.5 Å². The van der Waals surface area contributed by atoms with E-state index in [2.05, 4.69) is 103 Å². The van der Waals surface area contributed by atoms with Crippen LogP contribution in [0.5, 0.6) is 0 Å². The molecule has 2 heteroatoms. The third kappa shape index (κ3) is 17.5. The summed E-state index contributed by atoms with van der Waals surface area (Å²) in [6.45, 7) is 20.3. The molecule has 1 nitrogen and oxygen atoms in total. The molecule has 1 aliphatic rings. The summed E-state index contributed by atoms with van der Waals surface area (Å²) in [7, 11) is -1.24. The predicted molar refractivity (Wildman–Crippen MR) is 160 cm³/mol. The van der Waals surface area contributed by atoms with Crippen LogP contribution in [0.4, 0.5) is 0 Å². The molecule has 35 heavy (non-hydrogen) atoms. The molecular formula is C33H54OSi. The molecule has 1 rings (SSSR count). The van der Waals surface area contributed by atoms with Crippen molar-refractivity contribution in [3.05, 3.63) is 58.7 Å². The first kappa shape index (κ1) is 31.5. The zero-order valence-corrected chi connectivity index (χ0v) is 25.5. The molecule has 0 amide bonds. The quantitative estimate of drug-likeness (QED) is 0.0725. The second-order valence-electron chi connectivity index (χ2n) is 12.1. The molecule has 0 saturated carbocycles. The Hall–Kier alpha value is -1.56. The Labute approximate surface area is 219 Å². The van der Waals surface area contributed by atoms with Crippen molar-refractivity contribution < 1.29 is 4.74 Å². The van der Waals surface area contributed by atoms with Gasteiger partial charge in [0.1, 0.15) is 8.07 Å². The van der Waals surface area contributed by atoms with Crippen LogP contribution in [0, 0.1) is 11.5 Å². The van der Waals surface area contributed by atoms with Crippen molar-refractivity contribution in [1.82, 2.24) is 0 Å². The van der Waals surface area contributed by atoms with E-state index in [4.69, 9.17) is 4.74 Å². The largest absolute Gasteiger partial charge is 0.367 e. The van der Waals surface area contributed by atoms with Crippen molar-refractivity contribution >= 4 is 8.07 Å². The standard InChI is InChI=1S/C33H54OSi/c1-28(18-12-10-11-15-27-35(7,8)9)21-16-22-29(2)19-13-14-20-30(3)23-17-24-31(4)25-26-32-33(5,6)34-32/h10-11,19-21,24,32H,12-14,16-18,22-23,25-26H2,1-9H3/b11-10+,28-21+,29-19+,30-20+,31-24+. The van der Waals surface area contributed by atoms with Crippen LogP contribution >= 0.6 is 0 Å². The third-order valence-corrected chi connectivity index (χ3v) is 7.43. The lowest BCUT2D eigenvalue weighted by molar-refractivity contribution is 0.320. The van der Waals surface area contributed by atoms with Gasteiger partial charge in [-0.1, -0.05) is 78.2 Å². The van der Waals surface area contributed by atoms with Gasteiger partial charge in [0, 0.05) is 0 Å². The lowest BCUT2D eigenvalue weighted by Crippen LogP contribution is -2.16. The van der Waals surface area contributed by atoms with Crippen LogP contribution in [0.3, 0.4) is 0 Å². The normalized spacial score (nSPS) is 19.2. The van der Waals surface area contributed by atoms with Crippen molar-refractivity contribution in [1.29, 1.82) is 0 Å². The van der Waals surface area contributed by atoms with Gasteiger partial charge in [0.25, 0.3) is 0 Å². The van der Waals surface area contributed by atoms with Gasteiger partial charge in [0.05, 0.1) is 11.7 Å². The van der Waals surface area contributed by atoms with Crippen LogP contribution in [-0.4, -0.2) is 19.8 Å². The summed E-state index contributed by atoms with van der Waals surface area (Å²) in [5.41, 5.74) is 9.55. The van der Waals surface area contributed by atoms with Gasteiger partial charge in [-0.25, -0.2) is 0 Å². The first-order chi connectivity index (χ1) is 16.4. The fraction of sp³-hybridized carbons (Fsp3) is 0.636. The number of unbranched alkanes of at least 4 members (excludes halogenated alkanes) is 1. The van der Waals surface area contributed by atoms with Crippen molar-refractivity contribution in [2.75, 3.05) is 0 Å². The van der Waals surface area contributed by atoms with E-state index < -0.39 is 8.07 Å². The monoisotopic (exact) mass is 494 g/mol. The molecule has 0 aromatic rings. The molecule has 196 valence electrons. The van der Waals surface area contributed by atoms with Crippen LogP contribution in [0.2, 0.25) is 19.6 Å². The van der Waals surface area contributed by atoms with Gasteiger partial charge in [0.15, 0.2) is 0 Å². The van der Waals surface area contributed by atoms with Gasteiger partial charge in [-0.3, -0.25) is 0 Å². The van der Waals surface area contributed by atoms with Crippen molar-refractivity contribution in [3.63, 3.8) is 0 Å². The number of epoxide rings is 1. The van der Waals surface area contributed by atoms with Crippen molar-refractivity contribution in [2.24, 2.45) is 0 Å². The summed E-state index contributed by atoms with van der Waals surface area (Å²) in [6.07, 6.45) is 25.9. The van der Waals surface area contributed by atoms with Gasteiger partial charge in [0.2, 0.25) is 0 Å². The Balaban J connectivity index is 2.16. The van der Waals surface area contributed by atoms with Crippen LogP contribution < -0.4 is 0 Å². The fourth-order valence-electron chi connectivity index (χ4n) is 3.97.